The third-order valence-electron chi connectivity index (χ3n) is 3.84. The highest BCUT2D eigenvalue weighted by Gasteiger charge is 2.47. The van der Waals surface area contributed by atoms with Gasteiger partial charge >= 0.3 is 0 Å². The lowest BCUT2D eigenvalue weighted by molar-refractivity contribution is -0.128. The van der Waals surface area contributed by atoms with Crippen LogP contribution in [-0.4, -0.2) is 29.3 Å². The molecule has 90 valence electrons. The number of halogens is 1. The Morgan fingerprint density at radius 1 is 1.29 bits per heavy atom. The monoisotopic (exact) mass is 249 g/mol. The molecule has 0 bridgehead atoms. The van der Waals surface area contributed by atoms with Gasteiger partial charge in [0.2, 0.25) is 5.91 Å². The van der Waals surface area contributed by atoms with Gasteiger partial charge in [-0.05, 0) is 17.9 Å². The van der Waals surface area contributed by atoms with Gasteiger partial charge in [-0.1, -0.05) is 30.3 Å². The third-order valence-corrected chi connectivity index (χ3v) is 4.28. The summed E-state index contributed by atoms with van der Waals surface area (Å²) in [4.78, 5) is 13.9. The van der Waals surface area contributed by atoms with E-state index in [0.29, 0.717) is 36.1 Å². The third kappa shape index (κ3) is 2.06. The standard InChI is InChI=1S/C14H16ClNO/c15-8-10-6-14(17)16(9-10)13-7-12(13)11-4-2-1-3-5-11/h1-5,10,12-13H,6-9H2. The van der Waals surface area contributed by atoms with Crippen LogP contribution >= 0.6 is 11.6 Å². The van der Waals surface area contributed by atoms with Crippen molar-refractivity contribution < 1.29 is 4.79 Å². The summed E-state index contributed by atoms with van der Waals surface area (Å²) < 4.78 is 0. The predicted octanol–water partition coefficient (Wildman–Crippen LogP) is 2.63. The van der Waals surface area contributed by atoms with Gasteiger partial charge in [0.1, 0.15) is 0 Å². The summed E-state index contributed by atoms with van der Waals surface area (Å²) in [6, 6.07) is 10.9. The Morgan fingerprint density at radius 3 is 2.71 bits per heavy atom. The molecule has 1 aliphatic carbocycles. The van der Waals surface area contributed by atoms with Gasteiger partial charge in [0.25, 0.3) is 0 Å². The molecule has 2 fully saturated rings. The molecule has 1 heterocycles. The number of hydrogen-bond donors (Lipinski definition) is 0. The first-order chi connectivity index (χ1) is 8.29. The molecule has 3 rings (SSSR count). The fraction of sp³-hybridized carbons (Fsp3) is 0.500. The van der Waals surface area contributed by atoms with Gasteiger partial charge < -0.3 is 4.90 Å². The van der Waals surface area contributed by atoms with Crippen LogP contribution in [0.25, 0.3) is 0 Å². The number of amides is 1. The lowest BCUT2D eigenvalue weighted by Crippen LogP contribution is -2.28. The Balaban J connectivity index is 1.67. The van der Waals surface area contributed by atoms with Crippen LogP contribution in [-0.2, 0) is 4.79 Å². The second-order valence-corrected chi connectivity index (χ2v) is 5.40. The Morgan fingerprint density at radius 2 is 2.06 bits per heavy atom. The molecule has 1 amide bonds. The molecule has 0 N–H and O–H groups in total. The SMILES string of the molecule is O=C1CC(CCl)CN1C1CC1c1ccccc1. The summed E-state index contributed by atoms with van der Waals surface area (Å²) >= 11 is 5.84. The molecule has 17 heavy (non-hydrogen) atoms. The van der Waals surface area contributed by atoms with Gasteiger partial charge in [0, 0.05) is 30.8 Å². The normalized spacial score (nSPS) is 31.9. The van der Waals surface area contributed by atoms with Gasteiger partial charge in [0.05, 0.1) is 0 Å². The maximum atomic E-state index is 11.9. The minimum Gasteiger partial charge on any atom is -0.339 e. The summed E-state index contributed by atoms with van der Waals surface area (Å²) in [5, 5.41) is 0. The largest absolute Gasteiger partial charge is 0.339 e. The predicted molar refractivity (Wildman–Crippen MR) is 68.1 cm³/mol. The quantitative estimate of drug-likeness (QED) is 0.755. The molecule has 2 nitrogen and oxygen atoms in total. The minimum absolute atomic E-state index is 0.291. The van der Waals surface area contributed by atoms with E-state index >= 15 is 0 Å². The van der Waals surface area contributed by atoms with Gasteiger partial charge in [0.15, 0.2) is 0 Å². The van der Waals surface area contributed by atoms with Crippen LogP contribution in [0.5, 0.6) is 0 Å². The summed E-state index contributed by atoms with van der Waals surface area (Å²) in [6.45, 7) is 0.857. The van der Waals surface area contributed by atoms with E-state index in [9.17, 15) is 4.79 Å². The molecule has 3 heteroatoms. The van der Waals surface area contributed by atoms with Crippen molar-refractivity contribution in [3.63, 3.8) is 0 Å². The van der Waals surface area contributed by atoms with Gasteiger partial charge in [-0.3, -0.25) is 4.79 Å². The van der Waals surface area contributed by atoms with Crippen LogP contribution in [0.1, 0.15) is 24.3 Å². The number of likely N-dealkylation sites (tertiary alicyclic amines) is 1. The van der Waals surface area contributed by atoms with E-state index in [1.165, 1.54) is 5.56 Å². The number of alkyl halides is 1. The van der Waals surface area contributed by atoms with E-state index < -0.39 is 0 Å². The second kappa shape index (κ2) is 4.34. The van der Waals surface area contributed by atoms with Crippen LogP contribution in [0.15, 0.2) is 30.3 Å². The number of hydrogen-bond acceptors (Lipinski definition) is 1. The zero-order chi connectivity index (χ0) is 11.8. The second-order valence-electron chi connectivity index (χ2n) is 5.09. The average Bonchev–Trinajstić information content (AvgIpc) is 3.07. The van der Waals surface area contributed by atoms with E-state index in [1.54, 1.807) is 0 Å². The molecule has 1 aliphatic heterocycles. The molecule has 1 aromatic carbocycles. The molecule has 0 radical (unpaired) electrons. The maximum Gasteiger partial charge on any atom is 0.223 e. The summed E-state index contributed by atoms with van der Waals surface area (Å²) in [5.41, 5.74) is 1.36. The highest BCUT2D eigenvalue weighted by Crippen LogP contribution is 2.46. The van der Waals surface area contributed by atoms with E-state index in [2.05, 4.69) is 24.3 Å². The summed E-state index contributed by atoms with van der Waals surface area (Å²) in [6.07, 6.45) is 1.76. The molecule has 1 aromatic rings. The van der Waals surface area contributed by atoms with Gasteiger partial charge in [-0.25, -0.2) is 0 Å². The van der Waals surface area contributed by atoms with Crippen molar-refractivity contribution in [1.82, 2.24) is 4.90 Å². The highest BCUT2D eigenvalue weighted by atomic mass is 35.5. The first-order valence-corrected chi connectivity index (χ1v) is 6.73. The van der Waals surface area contributed by atoms with Crippen molar-refractivity contribution in [2.45, 2.75) is 24.8 Å². The zero-order valence-corrected chi connectivity index (χ0v) is 10.4. The number of rotatable bonds is 3. The average molecular weight is 250 g/mol. The van der Waals surface area contributed by atoms with Crippen molar-refractivity contribution >= 4 is 17.5 Å². The maximum absolute atomic E-state index is 11.9. The van der Waals surface area contributed by atoms with Gasteiger partial charge in [-0.2, -0.15) is 0 Å². The van der Waals surface area contributed by atoms with Crippen molar-refractivity contribution in [3.8, 4) is 0 Å². The molecule has 0 aromatic heterocycles. The van der Waals surface area contributed by atoms with Crippen LogP contribution in [0.3, 0.4) is 0 Å². The Bertz CT molecular complexity index is 419. The number of carbonyl (C=O) groups excluding carboxylic acids is 1. The van der Waals surface area contributed by atoms with Crippen molar-refractivity contribution in [2.24, 2.45) is 5.92 Å². The molecule has 3 atom stereocenters. The smallest absolute Gasteiger partial charge is 0.223 e. The Kier molecular flexibility index (Phi) is 2.83. The molecule has 0 spiro atoms. The van der Waals surface area contributed by atoms with E-state index in [4.69, 9.17) is 11.6 Å². The fourth-order valence-corrected chi connectivity index (χ4v) is 3.02. The number of carbonyl (C=O) groups is 1. The first-order valence-electron chi connectivity index (χ1n) is 6.20. The highest BCUT2D eigenvalue weighted by molar-refractivity contribution is 6.18. The zero-order valence-electron chi connectivity index (χ0n) is 9.68. The topological polar surface area (TPSA) is 20.3 Å². The van der Waals surface area contributed by atoms with Crippen LogP contribution < -0.4 is 0 Å². The van der Waals surface area contributed by atoms with Crippen LogP contribution in [0.2, 0.25) is 0 Å². The number of benzene rings is 1. The number of nitrogens with zero attached hydrogens (tertiary/aromatic N) is 1. The van der Waals surface area contributed by atoms with Crippen LogP contribution in [0, 0.1) is 5.92 Å². The van der Waals surface area contributed by atoms with E-state index in [0.717, 1.165) is 13.0 Å². The molecule has 1 saturated carbocycles. The Labute approximate surface area is 107 Å². The molecule has 3 unspecified atom stereocenters. The summed E-state index contributed by atoms with van der Waals surface area (Å²) in [5.74, 6) is 1.81. The van der Waals surface area contributed by atoms with Crippen molar-refractivity contribution in [2.75, 3.05) is 12.4 Å². The minimum atomic E-state index is 0.291. The Hall–Kier alpha value is -1.02. The molecular weight excluding hydrogens is 234 g/mol. The summed E-state index contributed by atoms with van der Waals surface area (Å²) in [7, 11) is 0. The molecule has 2 aliphatic rings. The lowest BCUT2D eigenvalue weighted by atomic mass is 10.1. The molecule has 1 saturated heterocycles. The fourth-order valence-electron chi connectivity index (χ4n) is 2.82. The van der Waals surface area contributed by atoms with Crippen LogP contribution in [0.4, 0.5) is 0 Å². The van der Waals surface area contributed by atoms with Crippen molar-refractivity contribution in [1.29, 1.82) is 0 Å². The van der Waals surface area contributed by atoms with E-state index in [-0.39, 0.29) is 0 Å². The van der Waals surface area contributed by atoms with Gasteiger partial charge in [-0.15, -0.1) is 11.6 Å². The van der Waals surface area contributed by atoms with E-state index in [1.807, 2.05) is 11.0 Å². The molecular formula is C14H16ClNO. The first kappa shape index (κ1) is 11.1. The van der Waals surface area contributed by atoms with Crippen molar-refractivity contribution in [3.05, 3.63) is 35.9 Å². The lowest BCUT2D eigenvalue weighted by Gasteiger charge is -2.16.